The average Bonchev–Trinajstić information content (AvgIpc) is 2.61. The van der Waals surface area contributed by atoms with Crippen LogP contribution in [0, 0.1) is 23.7 Å². The number of aliphatic hydroxyl groups excluding tert-OH is 1. The number of ether oxygens (including phenoxy) is 1. The summed E-state index contributed by atoms with van der Waals surface area (Å²) < 4.78 is 4.98. The van der Waals surface area contributed by atoms with Crippen LogP contribution in [0.25, 0.3) is 0 Å². The van der Waals surface area contributed by atoms with Gasteiger partial charge in [-0.15, -0.1) is 0 Å². The van der Waals surface area contributed by atoms with Crippen molar-refractivity contribution in [1.82, 2.24) is 4.90 Å². The van der Waals surface area contributed by atoms with Crippen molar-refractivity contribution in [3.8, 4) is 11.8 Å². The van der Waals surface area contributed by atoms with E-state index in [9.17, 15) is 9.90 Å². The van der Waals surface area contributed by atoms with Crippen LogP contribution < -0.4 is 0 Å². The van der Waals surface area contributed by atoms with Crippen molar-refractivity contribution < 1.29 is 14.6 Å². The normalized spacial score (nSPS) is 28.8. The van der Waals surface area contributed by atoms with Crippen LogP contribution in [-0.2, 0) is 4.74 Å². The van der Waals surface area contributed by atoms with E-state index >= 15 is 0 Å². The van der Waals surface area contributed by atoms with Gasteiger partial charge in [-0.25, -0.2) is 4.79 Å². The third kappa shape index (κ3) is 3.57. The van der Waals surface area contributed by atoms with Gasteiger partial charge in [0.25, 0.3) is 0 Å². The van der Waals surface area contributed by atoms with Crippen LogP contribution in [0.2, 0.25) is 0 Å². The number of benzene rings is 1. The lowest BCUT2D eigenvalue weighted by molar-refractivity contribution is -0.00370. The van der Waals surface area contributed by atoms with Gasteiger partial charge in [-0.1, -0.05) is 11.8 Å². The standard InChI is InChI=1S/C19H23NO3/c1-2-23-19(22)15-6-3-14(4-7-15)5-8-17-12-20-10-9-16(17)11-18(20)13-21/h3-4,6-7,16-18,21H,2,9-13H2,1H3/t16-,17-,18-/m0/s1. The van der Waals surface area contributed by atoms with Crippen LogP contribution in [0.3, 0.4) is 0 Å². The predicted molar refractivity (Wildman–Crippen MR) is 87.9 cm³/mol. The van der Waals surface area contributed by atoms with Crippen molar-refractivity contribution in [3.05, 3.63) is 35.4 Å². The SMILES string of the molecule is CCOC(=O)c1ccc(C#C[C@H]2CN3CC[C@H]2C[C@H]3CO)cc1. The Bertz CT molecular complexity index is 614. The van der Waals surface area contributed by atoms with E-state index in [4.69, 9.17) is 4.74 Å². The van der Waals surface area contributed by atoms with Crippen molar-refractivity contribution in [1.29, 1.82) is 0 Å². The number of nitrogens with zero attached hydrogens (tertiary/aromatic N) is 1. The number of carbonyl (C=O) groups is 1. The first-order chi connectivity index (χ1) is 11.2. The van der Waals surface area contributed by atoms with E-state index in [-0.39, 0.29) is 12.6 Å². The molecule has 4 nitrogen and oxygen atoms in total. The molecule has 1 aromatic carbocycles. The minimum absolute atomic E-state index is 0.256. The summed E-state index contributed by atoms with van der Waals surface area (Å²) in [6.07, 6.45) is 2.23. The molecule has 0 aliphatic carbocycles. The maximum Gasteiger partial charge on any atom is 0.338 e. The zero-order valence-electron chi connectivity index (χ0n) is 13.5. The molecule has 1 N–H and O–H groups in total. The molecule has 3 heterocycles. The molecule has 0 saturated carbocycles. The van der Waals surface area contributed by atoms with Crippen molar-refractivity contribution in [2.24, 2.45) is 11.8 Å². The van der Waals surface area contributed by atoms with Gasteiger partial charge in [0.05, 0.1) is 18.8 Å². The molecule has 0 spiro atoms. The topological polar surface area (TPSA) is 49.8 Å². The molecule has 0 radical (unpaired) electrons. The maximum atomic E-state index is 11.6. The highest BCUT2D eigenvalue weighted by Gasteiger charge is 2.38. The molecule has 0 amide bonds. The number of carbonyl (C=O) groups excluding carboxylic acids is 1. The molecule has 3 saturated heterocycles. The molecule has 3 fully saturated rings. The van der Waals surface area contributed by atoms with Crippen LogP contribution in [0.15, 0.2) is 24.3 Å². The molecular formula is C19H23NO3. The molecule has 4 atom stereocenters. The Hall–Kier alpha value is -1.83. The Labute approximate surface area is 137 Å². The van der Waals surface area contributed by atoms with Gasteiger partial charge in [-0.05, 0) is 56.5 Å². The van der Waals surface area contributed by atoms with E-state index in [1.54, 1.807) is 19.1 Å². The summed E-state index contributed by atoms with van der Waals surface area (Å²) in [7, 11) is 0. The molecule has 1 unspecified atom stereocenters. The van der Waals surface area contributed by atoms with Crippen LogP contribution in [0.4, 0.5) is 0 Å². The first-order valence-electron chi connectivity index (χ1n) is 8.35. The van der Waals surface area contributed by atoms with Crippen LogP contribution in [0.5, 0.6) is 0 Å². The summed E-state index contributed by atoms with van der Waals surface area (Å²) in [6.45, 7) is 4.49. The van der Waals surface area contributed by atoms with Crippen molar-refractivity contribution in [2.45, 2.75) is 25.8 Å². The molecule has 122 valence electrons. The van der Waals surface area contributed by atoms with E-state index in [0.29, 0.717) is 30.0 Å². The fourth-order valence-corrected chi connectivity index (χ4v) is 3.57. The van der Waals surface area contributed by atoms with Gasteiger partial charge in [-0.2, -0.15) is 0 Å². The van der Waals surface area contributed by atoms with E-state index < -0.39 is 0 Å². The third-order valence-electron chi connectivity index (χ3n) is 4.89. The largest absolute Gasteiger partial charge is 0.462 e. The van der Waals surface area contributed by atoms with Gasteiger partial charge in [0.1, 0.15) is 0 Å². The van der Waals surface area contributed by atoms with Crippen molar-refractivity contribution >= 4 is 5.97 Å². The monoisotopic (exact) mass is 313 g/mol. The van der Waals surface area contributed by atoms with Crippen LogP contribution >= 0.6 is 0 Å². The number of rotatable bonds is 3. The molecule has 4 rings (SSSR count). The van der Waals surface area contributed by atoms with Gasteiger partial charge in [0.15, 0.2) is 0 Å². The third-order valence-corrected chi connectivity index (χ3v) is 4.89. The lowest BCUT2D eigenvalue weighted by atomic mass is 9.76. The van der Waals surface area contributed by atoms with Gasteiger partial charge >= 0.3 is 5.97 Å². The number of hydrogen-bond donors (Lipinski definition) is 1. The Morgan fingerprint density at radius 1 is 1.39 bits per heavy atom. The molecular weight excluding hydrogens is 290 g/mol. The molecule has 0 aromatic heterocycles. The minimum Gasteiger partial charge on any atom is -0.462 e. The molecule has 23 heavy (non-hydrogen) atoms. The van der Waals surface area contributed by atoms with Crippen LogP contribution in [0.1, 0.15) is 35.7 Å². The number of fused-ring (bicyclic) bond motifs is 3. The molecule has 1 aromatic rings. The molecule has 2 bridgehead atoms. The Morgan fingerprint density at radius 3 is 2.78 bits per heavy atom. The van der Waals surface area contributed by atoms with E-state index in [1.165, 1.54) is 6.42 Å². The van der Waals surface area contributed by atoms with Gasteiger partial charge < -0.3 is 9.84 Å². The van der Waals surface area contributed by atoms with Crippen molar-refractivity contribution in [2.75, 3.05) is 26.3 Å². The summed E-state index contributed by atoms with van der Waals surface area (Å²) in [5.41, 5.74) is 1.49. The summed E-state index contributed by atoms with van der Waals surface area (Å²) in [5, 5.41) is 9.40. The zero-order valence-corrected chi connectivity index (χ0v) is 13.5. The number of esters is 1. The summed E-state index contributed by atoms with van der Waals surface area (Å²) in [4.78, 5) is 14.0. The predicted octanol–water partition coefficient (Wildman–Crippen LogP) is 1.92. The van der Waals surface area contributed by atoms with E-state index in [2.05, 4.69) is 16.7 Å². The van der Waals surface area contributed by atoms with Crippen molar-refractivity contribution in [3.63, 3.8) is 0 Å². The average molecular weight is 313 g/mol. The fourth-order valence-electron chi connectivity index (χ4n) is 3.57. The van der Waals surface area contributed by atoms with E-state index in [1.807, 2.05) is 12.1 Å². The highest BCUT2D eigenvalue weighted by Crippen LogP contribution is 2.35. The van der Waals surface area contributed by atoms with Crippen LogP contribution in [-0.4, -0.2) is 48.3 Å². The quantitative estimate of drug-likeness (QED) is 0.684. The van der Waals surface area contributed by atoms with E-state index in [0.717, 1.165) is 25.1 Å². The molecule has 3 aliphatic rings. The van der Waals surface area contributed by atoms with Gasteiger partial charge in [0.2, 0.25) is 0 Å². The second-order valence-corrected chi connectivity index (χ2v) is 6.29. The van der Waals surface area contributed by atoms with Gasteiger partial charge in [-0.3, -0.25) is 4.90 Å². The second kappa shape index (κ2) is 7.16. The highest BCUT2D eigenvalue weighted by molar-refractivity contribution is 5.89. The number of aliphatic hydroxyl groups is 1. The molecule has 3 aliphatic heterocycles. The lowest BCUT2D eigenvalue weighted by Crippen LogP contribution is -2.54. The zero-order chi connectivity index (χ0) is 16.2. The summed E-state index contributed by atoms with van der Waals surface area (Å²) in [5.74, 6) is 7.33. The number of piperidine rings is 3. The second-order valence-electron chi connectivity index (χ2n) is 6.29. The first kappa shape index (κ1) is 16.0. The first-order valence-corrected chi connectivity index (χ1v) is 8.35. The smallest absolute Gasteiger partial charge is 0.338 e. The molecule has 4 heteroatoms. The number of hydrogen-bond acceptors (Lipinski definition) is 4. The Morgan fingerprint density at radius 2 is 2.17 bits per heavy atom. The summed E-state index contributed by atoms with van der Waals surface area (Å²) >= 11 is 0. The van der Waals surface area contributed by atoms with Gasteiger partial charge in [0, 0.05) is 24.1 Å². The Kier molecular flexibility index (Phi) is 5.00. The fraction of sp³-hybridized carbons (Fsp3) is 0.526. The lowest BCUT2D eigenvalue weighted by Gasteiger charge is -2.47. The maximum absolute atomic E-state index is 11.6. The highest BCUT2D eigenvalue weighted by atomic mass is 16.5. The summed E-state index contributed by atoms with van der Waals surface area (Å²) in [6, 6.07) is 7.60. The Balaban J connectivity index is 1.65. The minimum atomic E-state index is -0.292.